The lowest BCUT2D eigenvalue weighted by Crippen LogP contribution is -2.07. The maximum atomic E-state index is 6.47. The quantitative estimate of drug-likeness (QED) is 0.660. The van der Waals surface area contributed by atoms with E-state index in [2.05, 4.69) is 15.0 Å². The van der Waals surface area contributed by atoms with E-state index in [1.807, 2.05) is 17.7 Å². The van der Waals surface area contributed by atoms with Crippen LogP contribution in [0.15, 0.2) is 6.20 Å². The normalized spacial score (nSPS) is 11.0. The van der Waals surface area contributed by atoms with Crippen molar-refractivity contribution in [2.45, 2.75) is 13.5 Å². The van der Waals surface area contributed by atoms with Gasteiger partial charge in [-0.1, -0.05) is 23.2 Å². The molecule has 138 valence electrons. The summed E-state index contributed by atoms with van der Waals surface area (Å²) in [6, 6.07) is 0. The zero-order valence-corrected chi connectivity index (χ0v) is 16.1. The van der Waals surface area contributed by atoms with E-state index in [0.717, 1.165) is 10.9 Å². The van der Waals surface area contributed by atoms with Gasteiger partial charge >= 0.3 is 0 Å². The highest BCUT2D eigenvalue weighted by Crippen LogP contribution is 2.43. The summed E-state index contributed by atoms with van der Waals surface area (Å²) in [5, 5.41) is 1.34. The number of pyridine rings is 1. The third-order valence-corrected chi connectivity index (χ3v) is 4.55. The number of halogens is 2. The molecule has 0 unspecified atom stereocenters. The van der Waals surface area contributed by atoms with Gasteiger partial charge in [-0.05, 0) is 12.5 Å². The number of rotatable bonds is 5. The third-order valence-electron chi connectivity index (χ3n) is 3.89. The Hall–Kier alpha value is -2.45. The number of methoxy groups -OCH3 is 3. The first-order chi connectivity index (χ1) is 12.4. The number of nitrogen functional groups attached to an aromatic ring is 1. The molecule has 0 amide bonds. The molecule has 0 atom stereocenters. The van der Waals surface area contributed by atoms with E-state index >= 15 is 0 Å². The fourth-order valence-corrected chi connectivity index (χ4v) is 3.37. The molecular weight excluding hydrogens is 381 g/mol. The number of ether oxygens (including phenoxy) is 3. The Morgan fingerprint density at radius 3 is 2.35 bits per heavy atom. The Morgan fingerprint density at radius 1 is 1.04 bits per heavy atom. The van der Waals surface area contributed by atoms with Crippen LogP contribution in [0.4, 0.5) is 5.95 Å². The molecule has 0 aliphatic rings. The zero-order chi connectivity index (χ0) is 19.0. The minimum Gasteiger partial charge on any atom is -0.491 e. The van der Waals surface area contributed by atoms with Crippen molar-refractivity contribution in [2.75, 3.05) is 27.1 Å². The van der Waals surface area contributed by atoms with Gasteiger partial charge in [-0.25, -0.2) is 9.97 Å². The molecule has 3 heterocycles. The molecule has 0 saturated carbocycles. The molecule has 10 heteroatoms. The lowest BCUT2D eigenvalue weighted by atomic mass is 10.3. The van der Waals surface area contributed by atoms with Crippen LogP contribution in [0.3, 0.4) is 0 Å². The van der Waals surface area contributed by atoms with Crippen LogP contribution in [0, 0.1) is 6.92 Å². The summed E-state index contributed by atoms with van der Waals surface area (Å²) in [6.07, 6.45) is 1.88. The van der Waals surface area contributed by atoms with Gasteiger partial charge in [0.1, 0.15) is 15.8 Å². The fraction of sp³-hybridized carbons (Fsp3) is 0.312. The van der Waals surface area contributed by atoms with E-state index in [9.17, 15) is 0 Å². The van der Waals surface area contributed by atoms with Gasteiger partial charge in [0.05, 0.1) is 39.0 Å². The summed E-state index contributed by atoms with van der Waals surface area (Å²) in [4.78, 5) is 12.7. The van der Waals surface area contributed by atoms with Crippen molar-refractivity contribution in [3.05, 3.63) is 27.6 Å². The molecule has 0 saturated heterocycles. The van der Waals surface area contributed by atoms with Gasteiger partial charge in [0, 0.05) is 6.20 Å². The number of anilines is 1. The molecule has 0 bridgehead atoms. The van der Waals surface area contributed by atoms with Gasteiger partial charge in [-0.15, -0.1) is 0 Å². The van der Waals surface area contributed by atoms with E-state index in [1.165, 1.54) is 21.3 Å². The molecule has 3 aromatic rings. The van der Waals surface area contributed by atoms with Crippen LogP contribution in [0.2, 0.25) is 10.2 Å². The van der Waals surface area contributed by atoms with Crippen molar-refractivity contribution < 1.29 is 14.2 Å². The summed E-state index contributed by atoms with van der Waals surface area (Å²) in [7, 11) is 4.48. The summed E-state index contributed by atoms with van der Waals surface area (Å²) in [6.45, 7) is 2.21. The molecule has 0 fully saturated rings. The lowest BCUT2D eigenvalue weighted by molar-refractivity contribution is 0.314. The average molecular weight is 398 g/mol. The number of fused-ring (bicyclic) bond motifs is 1. The topological polar surface area (TPSA) is 97.3 Å². The first kappa shape index (κ1) is 18.3. The van der Waals surface area contributed by atoms with Crippen molar-refractivity contribution in [3.63, 3.8) is 0 Å². The summed E-state index contributed by atoms with van der Waals surface area (Å²) >= 11 is 12.7. The number of nitrogens with two attached hydrogens (primary N) is 1. The van der Waals surface area contributed by atoms with Crippen LogP contribution >= 0.6 is 23.2 Å². The lowest BCUT2D eigenvalue weighted by Gasteiger charge is -2.16. The predicted molar refractivity (Wildman–Crippen MR) is 99.7 cm³/mol. The predicted octanol–water partition coefficient (Wildman–Crippen LogP) is 3.10. The number of nitrogens with zero attached hydrogens (tertiary/aromatic N) is 4. The molecular formula is C16H17Cl2N5O3. The Labute approximate surface area is 159 Å². The van der Waals surface area contributed by atoms with Gasteiger partial charge in [0.25, 0.3) is 5.88 Å². The van der Waals surface area contributed by atoms with E-state index in [4.69, 9.17) is 43.1 Å². The Morgan fingerprint density at radius 2 is 1.73 bits per heavy atom. The van der Waals surface area contributed by atoms with Crippen LogP contribution in [-0.4, -0.2) is 40.8 Å². The van der Waals surface area contributed by atoms with Gasteiger partial charge < -0.3 is 24.5 Å². The maximum absolute atomic E-state index is 6.47. The maximum Gasteiger partial charge on any atom is 0.261 e. The third kappa shape index (κ3) is 2.95. The van der Waals surface area contributed by atoms with E-state index in [-0.39, 0.29) is 11.8 Å². The van der Waals surface area contributed by atoms with Crippen LogP contribution in [0.1, 0.15) is 11.3 Å². The Bertz CT molecular complexity index is 990. The molecule has 2 N–H and O–H groups in total. The van der Waals surface area contributed by atoms with Crippen molar-refractivity contribution >= 4 is 40.2 Å². The van der Waals surface area contributed by atoms with Crippen molar-refractivity contribution in [2.24, 2.45) is 0 Å². The molecule has 26 heavy (non-hydrogen) atoms. The zero-order valence-electron chi connectivity index (χ0n) is 14.6. The molecule has 0 spiro atoms. The van der Waals surface area contributed by atoms with E-state index in [0.29, 0.717) is 39.6 Å². The number of aromatic nitrogens is 4. The second-order valence-electron chi connectivity index (χ2n) is 5.46. The molecule has 3 aromatic heterocycles. The minimum atomic E-state index is 0.0887. The summed E-state index contributed by atoms with van der Waals surface area (Å²) < 4.78 is 17.8. The van der Waals surface area contributed by atoms with Crippen molar-refractivity contribution in [1.82, 2.24) is 19.5 Å². The highest BCUT2D eigenvalue weighted by atomic mass is 35.5. The largest absolute Gasteiger partial charge is 0.491 e. The average Bonchev–Trinajstić information content (AvgIpc) is 2.91. The summed E-state index contributed by atoms with van der Waals surface area (Å²) in [5.41, 5.74) is 7.76. The highest BCUT2D eigenvalue weighted by Gasteiger charge is 2.22. The van der Waals surface area contributed by atoms with Crippen LogP contribution in [-0.2, 0) is 6.54 Å². The molecule has 0 aromatic carbocycles. The van der Waals surface area contributed by atoms with Gasteiger partial charge in [0.2, 0.25) is 11.7 Å². The minimum absolute atomic E-state index is 0.0887. The SMILES string of the molecule is COc1nc(Cn2cc(C)c3c(Cl)nc(N)nc32)c(Cl)c(OC)c1OC. The standard InChI is InChI=1S/C16H17Cl2N5O3/c1-7-5-23(14-9(7)13(18)21-16(19)22-14)6-8-10(17)11(24-2)12(25-3)15(20-8)26-4/h5H,6H2,1-4H3,(H2,19,21,22). The van der Waals surface area contributed by atoms with Crippen molar-refractivity contribution in [3.8, 4) is 17.4 Å². The fourth-order valence-electron chi connectivity index (χ4n) is 2.78. The second kappa shape index (κ2) is 7.05. The summed E-state index contributed by atoms with van der Waals surface area (Å²) in [5.74, 6) is 1.03. The van der Waals surface area contributed by atoms with Crippen LogP contribution in [0.5, 0.6) is 17.4 Å². The Kier molecular flexibility index (Phi) is 4.97. The van der Waals surface area contributed by atoms with Crippen LogP contribution < -0.4 is 19.9 Å². The van der Waals surface area contributed by atoms with Gasteiger partial charge in [0.15, 0.2) is 5.75 Å². The smallest absolute Gasteiger partial charge is 0.261 e. The monoisotopic (exact) mass is 397 g/mol. The number of hydrogen-bond donors (Lipinski definition) is 1. The highest BCUT2D eigenvalue weighted by molar-refractivity contribution is 6.34. The van der Waals surface area contributed by atoms with Crippen LogP contribution in [0.25, 0.3) is 11.0 Å². The molecule has 8 nitrogen and oxygen atoms in total. The molecule has 0 radical (unpaired) electrons. The van der Waals surface area contributed by atoms with Crippen molar-refractivity contribution in [1.29, 1.82) is 0 Å². The molecule has 0 aliphatic carbocycles. The molecule has 3 rings (SSSR count). The Balaban J connectivity index is 2.17. The van der Waals surface area contributed by atoms with E-state index in [1.54, 1.807) is 0 Å². The van der Waals surface area contributed by atoms with E-state index < -0.39 is 0 Å². The second-order valence-corrected chi connectivity index (χ2v) is 6.20. The number of aryl methyl sites for hydroxylation is 1. The molecule has 0 aliphatic heterocycles. The number of hydrogen-bond acceptors (Lipinski definition) is 7. The van der Waals surface area contributed by atoms with Gasteiger partial charge in [-0.3, -0.25) is 0 Å². The van der Waals surface area contributed by atoms with Gasteiger partial charge in [-0.2, -0.15) is 4.98 Å². The first-order valence-electron chi connectivity index (χ1n) is 7.54. The first-order valence-corrected chi connectivity index (χ1v) is 8.29.